The summed E-state index contributed by atoms with van der Waals surface area (Å²) in [5.41, 5.74) is 4.37. The number of carbonyl (C=O) groups is 6. The van der Waals surface area contributed by atoms with Gasteiger partial charge in [-0.25, -0.2) is 79.1 Å². The predicted octanol–water partition coefficient (Wildman–Crippen LogP) is 8.19. The van der Waals surface area contributed by atoms with E-state index in [9.17, 15) is 68.3 Å². The molecule has 0 spiro atoms. The van der Waals surface area contributed by atoms with E-state index < -0.39 is 111 Å². The third-order valence-corrected chi connectivity index (χ3v) is 18.0. The highest BCUT2D eigenvalue weighted by Crippen LogP contribution is 2.34. The lowest BCUT2D eigenvalue weighted by molar-refractivity contribution is -0.169. The summed E-state index contributed by atoms with van der Waals surface area (Å²) in [6, 6.07) is 5.70. The number of hydrogen-bond acceptors (Lipinski definition) is 18. The van der Waals surface area contributed by atoms with Crippen LogP contribution in [0.2, 0.25) is 0 Å². The standard InChI is InChI=1S/C22H23F3N6O4.2C20H22BrF3N6O4/c1-12-5-18-16(9-30(12)22(33)27-14-3-4-17(23)13(6-14)7-26)20-21(32)29(2)35-15(8-31(20)28-18)10-34-11-19(24)25;2*1-10-5-14-12(7-29(10)20(32)26-13-3-4-25-18(21)16(13)24)17-19(31)28(2)34-11(6-30(17)27-14)8-33-9-15(22)23/h3-4,6,12,15,19H,5,8-11H2,1-2H3,(H,27,33);2*3-4,10-11,15H,5-9H2,1-2H3,(H,25,26,32)/t12-,15+;10-,11+;10-,11-/m111/s1. The molecule has 0 saturated carbocycles. The summed E-state index contributed by atoms with van der Waals surface area (Å²) in [5, 5.41) is 33.4. The molecular weight excluding hydrogens is 1520 g/mol. The van der Waals surface area contributed by atoms with Crippen molar-refractivity contribution in [1.29, 1.82) is 5.26 Å². The number of hydrogen-bond donors (Lipinski definition) is 3. The zero-order valence-electron chi connectivity index (χ0n) is 55.6. The van der Waals surface area contributed by atoms with Gasteiger partial charge in [-0.1, -0.05) is 0 Å². The molecule has 6 aliphatic heterocycles. The van der Waals surface area contributed by atoms with Crippen molar-refractivity contribution in [3.8, 4) is 6.07 Å². The van der Waals surface area contributed by atoms with Gasteiger partial charge >= 0.3 is 18.1 Å². The Morgan fingerprint density at radius 1 is 0.553 bits per heavy atom. The summed E-state index contributed by atoms with van der Waals surface area (Å²) < 4.78 is 136. The average molecular weight is 1590 g/mol. The Morgan fingerprint density at radius 2 is 0.883 bits per heavy atom. The van der Waals surface area contributed by atoms with E-state index in [1.165, 1.54) is 86.5 Å². The minimum Gasteiger partial charge on any atom is -0.373 e. The molecule has 6 aliphatic rings. The Balaban J connectivity index is 0.000000166. The fourth-order valence-electron chi connectivity index (χ4n) is 12.1. The zero-order valence-corrected chi connectivity index (χ0v) is 58.8. The first-order valence-electron chi connectivity index (χ1n) is 31.7. The zero-order chi connectivity index (χ0) is 74.4. The number of halogens is 11. The lowest BCUT2D eigenvalue weighted by Crippen LogP contribution is -2.45. The normalized spacial score (nSPS) is 20.1. The number of ether oxygens (including phenoxy) is 3. The third-order valence-electron chi connectivity index (χ3n) is 16.9. The van der Waals surface area contributed by atoms with Gasteiger partial charge in [0.1, 0.15) is 76.3 Å². The van der Waals surface area contributed by atoms with Crippen molar-refractivity contribution in [3.05, 3.63) is 126 Å². The van der Waals surface area contributed by atoms with Crippen LogP contribution in [-0.4, -0.2) is 222 Å². The van der Waals surface area contributed by atoms with Crippen molar-refractivity contribution < 1.29 is 97.0 Å². The van der Waals surface area contributed by atoms with Crippen LogP contribution in [0.15, 0.2) is 51.9 Å². The van der Waals surface area contributed by atoms with Crippen LogP contribution in [0.1, 0.15) is 91.6 Å². The van der Waals surface area contributed by atoms with Gasteiger partial charge < -0.3 is 44.9 Å². The second-order valence-electron chi connectivity index (χ2n) is 24.3. The van der Waals surface area contributed by atoms with E-state index in [0.29, 0.717) is 53.0 Å². The number of rotatable bonds is 15. The van der Waals surface area contributed by atoms with Gasteiger partial charge in [-0.3, -0.25) is 42.9 Å². The van der Waals surface area contributed by atoms with E-state index in [0.717, 1.165) is 21.3 Å². The van der Waals surface area contributed by atoms with Gasteiger partial charge in [-0.2, -0.15) is 20.6 Å². The van der Waals surface area contributed by atoms with Crippen molar-refractivity contribution in [2.24, 2.45) is 0 Å². The molecule has 41 heteroatoms. The molecule has 11 heterocycles. The van der Waals surface area contributed by atoms with E-state index in [1.54, 1.807) is 6.07 Å². The lowest BCUT2D eigenvalue weighted by Gasteiger charge is -2.33. The molecule has 6 atom stereocenters. The minimum absolute atomic E-state index is 0.0260. The fourth-order valence-corrected chi connectivity index (χ4v) is 12.7. The van der Waals surface area contributed by atoms with Crippen LogP contribution in [0.3, 0.4) is 0 Å². The van der Waals surface area contributed by atoms with Gasteiger partial charge in [0, 0.05) is 93.3 Å². The smallest absolute Gasteiger partial charge is 0.322 e. The van der Waals surface area contributed by atoms with E-state index in [-0.39, 0.29) is 126 Å². The van der Waals surface area contributed by atoms with Crippen LogP contribution < -0.4 is 16.0 Å². The summed E-state index contributed by atoms with van der Waals surface area (Å²) in [5.74, 6) is -3.54. The molecule has 1 aromatic carbocycles. The lowest BCUT2D eigenvalue weighted by atomic mass is 9.99. The predicted molar refractivity (Wildman–Crippen MR) is 346 cm³/mol. The highest BCUT2D eigenvalue weighted by Gasteiger charge is 2.42. The number of urea groups is 3. The largest absolute Gasteiger partial charge is 0.373 e. The number of fused-ring (bicyclic) bond motifs is 9. The van der Waals surface area contributed by atoms with E-state index in [4.69, 9.17) is 34.0 Å². The Kier molecular flexibility index (Phi) is 24.7. The average Bonchev–Trinajstić information content (AvgIpc) is 1.63. The van der Waals surface area contributed by atoms with Crippen molar-refractivity contribution in [2.75, 3.05) is 76.7 Å². The number of hydroxylamine groups is 6. The number of nitriles is 1. The summed E-state index contributed by atoms with van der Waals surface area (Å²) in [6.45, 7) is 3.34. The second kappa shape index (κ2) is 33.2. The number of alkyl halides is 6. The number of anilines is 3. The molecule has 0 radical (unpaired) electrons. The molecule has 0 fully saturated rings. The Labute approximate surface area is 597 Å². The molecule has 0 unspecified atom stereocenters. The molecule has 30 nitrogen and oxygen atoms in total. The molecule has 554 valence electrons. The van der Waals surface area contributed by atoms with E-state index in [1.807, 2.05) is 20.8 Å². The van der Waals surface area contributed by atoms with Crippen molar-refractivity contribution in [2.45, 2.75) is 135 Å². The van der Waals surface area contributed by atoms with Crippen LogP contribution in [-0.2, 0) is 87.3 Å². The maximum atomic E-state index is 14.3. The minimum atomic E-state index is -2.62. The summed E-state index contributed by atoms with van der Waals surface area (Å²) >= 11 is 5.97. The molecule has 9 amide bonds. The Hall–Kier alpha value is -9.05. The first-order valence-corrected chi connectivity index (χ1v) is 33.3. The molecule has 0 aliphatic carbocycles. The maximum absolute atomic E-state index is 14.3. The highest BCUT2D eigenvalue weighted by atomic mass is 79.9. The topological polar surface area (TPSA) is 316 Å². The van der Waals surface area contributed by atoms with Crippen LogP contribution >= 0.6 is 31.9 Å². The van der Waals surface area contributed by atoms with Gasteiger partial charge in [0.05, 0.1) is 93.1 Å². The van der Waals surface area contributed by atoms with Crippen molar-refractivity contribution in [1.82, 2.24) is 69.2 Å². The molecule has 3 N–H and O–H groups in total. The monoisotopic (exact) mass is 1580 g/mol. The van der Waals surface area contributed by atoms with E-state index >= 15 is 0 Å². The van der Waals surface area contributed by atoms with Gasteiger partial charge in [-0.15, -0.1) is 0 Å². The fraction of sp³-hybridized carbons (Fsp3) is 0.484. The SMILES string of the molecule is C[C@@H]1Cc2nn3c(c2CN1C(=O)Nc1ccc(F)c(C#N)c1)C(=O)N(C)O[C@H](COCC(F)F)C3.C[C@@H]1Cc2nn3c(c2CN1C(=O)Nc1ccnc(Br)c1F)C(=O)N(C)O[C@@H](COCC(F)F)C3.C[C@@H]1Cc2nn3c(c2CN1C(=O)Nc1ccnc(Br)c1F)C(=O)N(C)O[C@H](COCC(F)F)C3. The van der Waals surface area contributed by atoms with Crippen LogP contribution in [0, 0.1) is 28.8 Å². The number of nitrogens with one attached hydrogen (secondary N) is 3. The summed E-state index contributed by atoms with van der Waals surface area (Å²) in [6.07, 6.45) is -6.15. The van der Waals surface area contributed by atoms with Gasteiger partial charge in [0.25, 0.3) is 37.0 Å². The number of pyridine rings is 2. The Morgan fingerprint density at radius 3 is 1.20 bits per heavy atom. The first kappa shape index (κ1) is 76.6. The number of nitrogens with zero attached hydrogens (tertiary/aromatic N) is 15. The molecule has 0 saturated heterocycles. The summed E-state index contributed by atoms with van der Waals surface area (Å²) in [4.78, 5) is 107. The number of aromatic nitrogens is 8. The van der Waals surface area contributed by atoms with E-state index in [2.05, 4.69) is 73.1 Å². The summed E-state index contributed by atoms with van der Waals surface area (Å²) in [7, 11) is 4.24. The van der Waals surface area contributed by atoms with Crippen LogP contribution in [0.5, 0.6) is 0 Å². The number of benzene rings is 1. The Bertz CT molecular complexity index is 4040. The second-order valence-corrected chi connectivity index (χ2v) is 25.8. The molecular formula is C62H67Br2F9N18O12. The quantitative estimate of drug-likeness (QED) is 0.0644. The van der Waals surface area contributed by atoms with Crippen LogP contribution in [0.4, 0.5) is 71.0 Å². The molecule has 12 rings (SSSR count). The van der Waals surface area contributed by atoms with Gasteiger partial charge in [-0.05, 0) is 83.0 Å². The highest BCUT2D eigenvalue weighted by molar-refractivity contribution is 9.10. The number of amides is 9. The van der Waals surface area contributed by atoms with Gasteiger partial charge in [0.15, 0.2) is 11.6 Å². The molecule has 6 aromatic rings. The van der Waals surface area contributed by atoms with Crippen molar-refractivity contribution >= 4 is 84.7 Å². The molecule has 0 bridgehead atoms. The molecule has 5 aromatic heterocycles. The number of carbonyl (C=O) groups excluding carboxylic acids is 6. The third kappa shape index (κ3) is 17.8. The van der Waals surface area contributed by atoms with Crippen LogP contribution in [0.25, 0.3) is 0 Å². The molecule has 103 heavy (non-hydrogen) atoms. The van der Waals surface area contributed by atoms with Gasteiger partial charge in [0.2, 0.25) is 0 Å². The van der Waals surface area contributed by atoms with Crippen molar-refractivity contribution in [3.63, 3.8) is 0 Å². The maximum Gasteiger partial charge on any atom is 0.322 e. The first-order chi connectivity index (χ1) is 49.0.